The third-order valence-corrected chi connectivity index (χ3v) is 4.82. The van der Waals surface area contributed by atoms with Crippen LogP contribution in [-0.2, 0) is 4.74 Å². The average molecular weight is 335 g/mol. The Balaban J connectivity index is 1.79. The highest BCUT2D eigenvalue weighted by atomic mass is 32.1. The summed E-state index contributed by atoms with van der Waals surface area (Å²) < 4.78 is 7.22. The largest absolute Gasteiger partial charge is 0.376 e. The van der Waals surface area contributed by atoms with Crippen LogP contribution < -0.4 is 10.9 Å². The van der Waals surface area contributed by atoms with E-state index in [1.165, 1.54) is 21.9 Å². The topological polar surface area (TPSA) is 72.7 Å². The molecule has 1 aliphatic rings. The molecule has 1 amide bonds. The van der Waals surface area contributed by atoms with Crippen LogP contribution in [0.25, 0.3) is 4.96 Å². The Labute approximate surface area is 138 Å². The number of amides is 1. The monoisotopic (exact) mass is 335 g/mol. The van der Waals surface area contributed by atoms with Crippen molar-refractivity contribution in [3.05, 3.63) is 33.7 Å². The summed E-state index contributed by atoms with van der Waals surface area (Å²) in [6.45, 7) is 5.00. The molecule has 7 heteroatoms. The molecule has 0 saturated carbocycles. The molecule has 2 atom stereocenters. The van der Waals surface area contributed by atoms with Crippen molar-refractivity contribution in [1.82, 2.24) is 14.7 Å². The van der Waals surface area contributed by atoms with Crippen molar-refractivity contribution >= 4 is 22.2 Å². The minimum atomic E-state index is -0.368. The summed E-state index contributed by atoms with van der Waals surface area (Å²) in [5.41, 5.74) is -0.249. The van der Waals surface area contributed by atoms with Gasteiger partial charge in [0.1, 0.15) is 5.56 Å². The van der Waals surface area contributed by atoms with E-state index in [9.17, 15) is 9.59 Å². The summed E-state index contributed by atoms with van der Waals surface area (Å²) in [4.78, 5) is 29.6. The molecule has 1 fully saturated rings. The standard InChI is InChI=1S/C16H21N3O3S/c1-10(2)8-13-12(4-3-6-22-13)18-14(20)11-9-17-16-19(15(11)21)5-7-23-16/h5,7,9-10,12-13H,3-4,6,8H2,1-2H3,(H,18,20)/t12-,13-/m0/s1. The molecule has 1 N–H and O–H groups in total. The molecule has 0 spiro atoms. The highest BCUT2D eigenvalue weighted by Crippen LogP contribution is 2.20. The van der Waals surface area contributed by atoms with Gasteiger partial charge >= 0.3 is 0 Å². The zero-order chi connectivity index (χ0) is 16.4. The van der Waals surface area contributed by atoms with Crippen LogP contribution in [0.1, 0.15) is 43.5 Å². The van der Waals surface area contributed by atoms with E-state index in [0.717, 1.165) is 25.9 Å². The summed E-state index contributed by atoms with van der Waals surface area (Å²) in [5, 5.41) is 4.75. The van der Waals surface area contributed by atoms with Gasteiger partial charge in [0.2, 0.25) is 0 Å². The van der Waals surface area contributed by atoms with Gasteiger partial charge in [0.05, 0.1) is 12.1 Å². The number of hydrogen-bond acceptors (Lipinski definition) is 5. The summed E-state index contributed by atoms with van der Waals surface area (Å²) in [6.07, 6.45) is 5.69. The Hall–Kier alpha value is -1.73. The predicted molar refractivity (Wildman–Crippen MR) is 89.0 cm³/mol. The van der Waals surface area contributed by atoms with E-state index in [1.807, 2.05) is 0 Å². The Morgan fingerprint density at radius 3 is 3.17 bits per heavy atom. The number of hydrogen-bond donors (Lipinski definition) is 1. The van der Waals surface area contributed by atoms with Crippen molar-refractivity contribution in [3.8, 4) is 0 Å². The maximum absolute atomic E-state index is 12.5. The summed E-state index contributed by atoms with van der Waals surface area (Å²) in [7, 11) is 0. The SMILES string of the molecule is CC(C)C[C@@H]1OCCC[C@@H]1NC(=O)c1cnc2sccn2c1=O. The van der Waals surface area contributed by atoms with Crippen LogP contribution in [0.2, 0.25) is 0 Å². The number of carbonyl (C=O) groups is 1. The van der Waals surface area contributed by atoms with Gasteiger partial charge in [-0.2, -0.15) is 0 Å². The molecule has 124 valence electrons. The average Bonchev–Trinajstić information content (AvgIpc) is 2.98. The van der Waals surface area contributed by atoms with Crippen molar-refractivity contribution < 1.29 is 9.53 Å². The molecule has 0 aliphatic carbocycles. The molecular formula is C16H21N3O3S. The van der Waals surface area contributed by atoms with E-state index in [4.69, 9.17) is 4.74 Å². The smallest absolute Gasteiger partial charge is 0.271 e. The van der Waals surface area contributed by atoms with Crippen molar-refractivity contribution in [3.63, 3.8) is 0 Å². The number of aromatic nitrogens is 2. The first-order valence-electron chi connectivity index (χ1n) is 7.93. The van der Waals surface area contributed by atoms with Crippen molar-refractivity contribution in [1.29, 1.82) is 0 Å². The number of thiazole rings is 1. The number of rotatable bonds is 4. The van der Waals surface area contributed by atoms with E-state index in [2.05, 4.69) is 24.1 Å². The fourth-order valence-electron chi connectivity index (χ4n) is 2.93. The van der Waals surface area contributed by atoms with Crippen molar-refractivity contribution in [2.45, 2.75) is 45.3 Å². The molecule has 3 heterocycles. The quantitative estimate of drug-likeness (QED) is 0.928. The van der Waals surface area contributed by atoms with Crippen LogP contribution in [-0.4, -0.2) is 34.0 Å². The van der Waals surface area contributed by atoms with E-state index < -0.39 is 0 Å². The molecule has 0 aromatic carbocycles. The van der Waals surface area contributed by atoms with E-state index in [1.54, 1.807) is 11.6 Å². The lowest BCUT2D eigenvalue weighted by Crippen LogP contribution is -2.48. The van der Waals surface area contributed by atoms with Gasteiger partial charge in [-0.05, 0) is 25.2 Å². The van der Waals surface area contributed by atoms with Crippen LogP contribution in [0.5, 0.6) is 0 Å². The maximum Gasteiger partial charge on any atom is 0.271 e. The number of nitrogens with zero attached hydrogens (tertiary/aromatic N) is 2. The van der Waals surface area contributed by atoms with E-state index in [-0.39, 0.29) is 29.2 Å². The normalized spacial score (nSPS) is 21.7. The highest BCUT2D eigenvalue weighted by Gasteiger charge is 2.29. The van der Waals surface area contributed by atoms with Crippen LogP contribution in [0.15, 0.2) is 22.6 Å². The van der Waals surface area contributed by atoms with Gasteiger partial charge in [0.15, 0.2) is 4.96 Å². The molecule has 6 nitrogen and oxygen atoms in total. The number of nitrogens with one attached hydrogen (secondary N) is 1. The lowest BCUT2D eigenvalue weighted by Gasteiger charge is -2.33. The third kappa shape index (κ3) is 3.45. The van der Waals surface area contributed by atoms with Gasteiger partial charge in [-0.15, -0.1) is 11.3 Å². The van der Waals surface area contributed by atoms with Crippen LogP contribution in [0.3, 0.4) is 0 Å². The van der Waals surface area contributed by atoms with Gasteiger partial charge in [-0.25, -0.2) is 4.98 Å². The second-order valence-corrected chi connectivity index (χ2v) is 7.17. The fourth-order valence-corrected chi connectivity index (χ4v) is 3.60. The molecule has 1 aliphatic heterocycles. The minimum absolute atomic E-state index is 0.00768. The van der Waals surface area contributed by atoms with Crippen molar-refractivity contribution in [2.75, 3.05) is 6.61 Å². The third-order valence-electron chi connectivity index (χ3n) is 4.05. The summed E-state index contributed by atoms with van der Waals surface area (Å²) in [5.74, 6) is 0.124. The van der Waals surface area contributed by atoms with Gasteiger partial charge < -0.3 is 10.1 Å². The van der Waals surface area contributed by atoms with Gasteiger partial charge in [0, 0.05) is 24.4 Å². The molecule has 0 radical (unpaired) electrons. The van der Waals surface area contributed by atoms with Crippen LogP contribution >= 0.6 is 11.3 Å². The van der Waals surface area contributed by atoms with Gasteiger partial charge in [-0.1, -0.05) is 13.8 Å². The Kier molecular flexibility index (Phi) is 4.77. The lowest BCUT2D eigenvalue weighted by molar-refractivity contribution is -0.0186. The van der Waals surface area contributed by atoms with Crippen LogP contribution in [0.4, 0.5) is 0 Å². The molecule has 0 unspecified atom stereocenters. The molecular weight excluding hydrogens is 314 g/mol. The second kappa shape index (κ2) is 6.80. The fraction of sp³-hybridized carbons (Fsp3) is 0.562. The maximum atomic E-state index is 12.5. The Bertz CT molecular complexity index is 752. The summed E-state index contributed by atoms with van der Waals surface area (Å²) in [6, 6.07) is -0.0544. The first-order chi connectivity index (χ1) is 11.1. The zero-order valence-corrected chi connectivity index (χ0v) is 14.1. The molecule has 3 rings (SSSR count). The van der Waals surface area contributed by atoms with E-state index >= 15 is 0 Å². The number of fused-ring (bicyclic) bond motifs is 1. The molecule has 2 aromatic heterocycles. The second-order valence-electron chi connectivity index (χ2n) is 6.29. The van der Waals surface area contributed by atoms with Gasteiger partial charge in [-0.3, -0.25) is 14.0 Å². The number of carbonyl (C=O) groups excluding carboxylic acids is 1. The molecule has 23 heavy (non-hydrogen) atoms. The minimum Gasteiger partial charge on any atom is -0.376 e. The lowest BCUT2D eigenvalue weighted by atomic mass is 9.94. The van der Waals surface area contributed by atoms with Crippen molar-refractivity contribution in [2.24, 2.45) is 5.92 Å². The summed E-state index contributed by atoms with van der Waals surface area (Å²) >= 11 is 1.36. The first-order valence-corrected chi connectivity index (χ1v) is 8.81. The first kappa shape index (κ1) is 16.1. The number of ether oxygens (including phenoxy) is 1. The predicted octanol–water partition coefficient (Wildman–Crippen LogP) is 2.08. The molecule has 1 saturated heterocycles. The Morgan fingerprint density at radius 1 is 1.57 bits per heavy atom. The Morgan fingerprint density at radius 2 is 2.39 bits per heavy atom. The van der Waals surface area contributed by atoms with E-state index in [0.29, 0.717) is 10.9 Å². The van der Waals surface area contributed by atoms with Gasteiger partial charge in [0.25, 0.3) is 11.5 Å². The van der Waals surface area contributed by atoms with Crippen LogP contribution in [0, 0.1) is 5.92 Å². The molecule has 0 bridgehead atoms. The zero-order valence-electron chi connectivity index (χ0n) is 13.3. The highest BCUT2D eigenvalue weighted by molar-refractivity contribution is 7.15. The molecule has 2 aromatic rings.